The van der Waals surface area contributed by atoms with E-state index in [0.717, 1.165) is 36.6 Å². The van der Waals surface area contributed by atoms with Gasteiger partial charge in [-0.2, -0.15) is 0 Å². The molecule has 0 spiro atoms. The summed E-state index contributed by atoms with van der Waals surface area (Å²) < 4.78 is 1.04. The minimum absolute atomic E-state index is 0.0149. The SMILES string of the molecule is NC(=O)CN(C(=O)[C@H]1C[C@H]1c1ccc(Br)cc1)C1CCCC1. The molecule has 5 heteroatoms. The van der Waals surface area contributed by atoms with Crippen molar-refractivity contribution in [1.29, 1.82) is 0 Å². The summed E-state index contributed by atoms with van der Waals surface area (Å²) in [4.78, 5) is 25.9. The van der Waals surface area contributed by atoms with E-state index >= 15 is 0 Å². The second kappa shape index (κ2) is 6.41. The van der Waals surface area contributed by atoms with Gasteiger partial charge in [0.15, 0.2) is 0 Å². The topological polar surface area (TPSA) is 63.4 Å². The normalized spacial score (nSPS) is 24.2. The Bertz CT molecular complexity index is 567. The molecule has 2 atom stereocenters. The molecule has 0 saturated heterocycles. The third-order valence-electron chi connectivity index (χ3n) is 4.78. The molecule has 2 fully saturated rings. The number of rotatable bonds is 5. The van der Waals surface area contributed by atoms with Gasteiger partial charge in [-0.3, -0.25) is 9.59 Å². The Balaban J connectivity index is 1.69. The predicted octanol–water partition coefficient (Wildman–Crippen LogP) is 2.81. The molecule has 1 aromatic rings. The van der Waals surface area contributed by atoms with Crippen LogP contribution in [-0.4, -0.2) is 29.3 Å². The van der Waals surface area contributed by atoms with Crippen LogP contribution in [0.1, 0.15) is 43.6 Å². The Morgan fingerprint density at radius 1 is 1.18 bits per heavy atom. The fourth-order valence-electron chi connectivity index (χ4n) is 3.53. The van der Waals surface area contributed by atoms with Crippen LogP contribution < -0.4 is 5.73 Å². The van der Waals surface area contributed by atoms with E-state index in [2.05, 4.69) is 28.1 Å². The Hall–Kier alpha value is -1.36. The molecule has 22 heavy (non-hydrogen) atoms. The molecule has 1 aromatic carbocycles. The van der Waals surface area contributed by atoms with Gasteiger partial charge >= 0.3 is 0 Å². The van der Waals surface area contributed by atoms with Crippen molar-refractivity contribution in [3.63, 3.8) is 0 Å². The van der Waals surface area contributed by atoms with Crippen molar-refractivity contribution in [2.45, 2.75) is 44.1 Å². The quantitative estimate of drug-likeness (QED) is 0.872. The highest BCUT2D eigenvalue weighted by atomic mass is 79.9. The number of nitrogens with zero attached hydrogens (tertiary/aromatic N) is 1. The maximum atomic E-state index is 12.8. The summed E-state index contributed by atoms with van der Waals surface area (Å²) in [5.74, 6) is -0.00165. The summed E-state index contributed by atoms with van der Waals surface area (Å²) in [5, 5.41) is 0. The first-order chi connectivity index (χ1) is 10.6. The lowest BCUT2D eigenvalue weighted by atomic mass is 10.1. The molecule has 3 rings (SSSR count). The minimum Gasteiger partial charge on any atom is -0.368 e. The second-order valence-corrected chi connectivity index (χ2v) is 7.29. The average molecular weight is 365 g/mol. The summed E-state index contributed by atoms with van der Waals surface area (Å²) in [6.07, 6.45) is 5.13. The van der Waals surface area contributed by atoms with E-state index in [0.29, 0.717) is 0 Å². The van der Waals surface area contributed by atoms with Crippen molar-refractivity contribution in [3.8, 4) is 0 Å². The molecular weight excluding hydrogens is 344 g/mol. The number of halogens is 1. The zero-order valence-corrected chi connectivity index (χ0v) is 14.1. The Morgan fingerprint density at radius 2 is 1.82 bits per heavy atom. The third kappa shape index (κ3) is 3.35. The molecule has 2 saturated carbocycles. The smallest absolute Gasteiger partial charge is 0.237 e. The van der Waals surface area contributed by atoms with E-state index < -0.39 is 5.91 Å². The molecule has 0 aliphatic heterocycles. The lowest BCUT2D eigenvalue weighted by Gasteiger charge is -2.28. The molecule has 2 amide bonds. The Morgan fingerprint density at radius 3 is 2.41 bits per heavy atom. The molecule has 0 unspecified atom stereocenters. The molecular formula is C17H21BrN2O2. The highest BCUT2D eigenvalue weighted by molar-refractivity contribution is 9.10. The van der Waals surface area contributed by atoms with Crippen LogP contribution in [0.3, 0.4) is 0 Å². The van der Waals surface area contributed by atoms with E-state index in [1.54, 1.807) is 4.90 Å². The first-order valence-corrected chi connectivity index (χ1v) is 8.70. The number of hydrogen-bond donors (Lipinski definition) is 1. The zero-order valence-electron chi connectivity index (χ0n) is 12.5. The van der Waals surface area contributed by atoms with E-state index in [-0.39, 0.29) is 30.3 Å². The standard InChI is InChI=1S/C17H21BrN2O2/c18-12-7-5-11(6-8-12)14-9-15(14)17(22)20(10-16(19)21)13-3-1-2-4-13/h5-8,13-15H,1-4,9-10H2,(H2,19,21)/t14-,15-/m0/s1. The number of carbonyl (C=O) groups excluding carboxylic acids is 2. The Kier molecular flexibility index (Phi) is 4.52. The number of hydrogen-bond acceptors (Lipinski definition) is 2. The second-order valence-electron chi connectivity index (χ2n) is 6.37. The van der Waals surface area contributed by atoms with E-state index in [1.165, 1.54) is 5.56 Å². The van der Waals surface area contributed by atoms with Gasteiger partial charge in [0.1, 0.15) is 0 Å². The lowest BCUT2D eigenvalue weighted by Crippen LogP contribution is -2.45. The van der Waals surface area contributed by atoms with Crippen LogP contribution in [0.15, 0.2) is 28.7 Å². The van der Waals surface area contributed by atoms with E-state index in [1.807, 2.05) is 12.1 Å². The van der Waals surface area contributed by atoms with E-state index in [4.69, 9.17) is 5.73 Å². The lowest BCUT2D eigenvalue weighted by molar-refractivity contribution is -0.138. The summed E-state index contributed by atoms with van der Waals surface area (Å²) >= 11 is 3.43. The van der Waals surface area contributed by atoms with Gasteiger partial charge in [0.25, 0.3) is 0 Å². The van der Waals surface area contributed by atoms with Gasteiger partial charge in [-0.1, -0.05) is 40.9 Å². The van der Waals surface area contributed by atoms with Gasteiger partial charge in [0, 0.05) is 16.4 Å². The number of nitrogens with two attached hydrogens (primary N) is 1. The molecule has 2 aliphatic carbocycles. The molecule has 118 valence electrons. The molecule has 0 radical (unpaired) electrons. The maximum Gasteiger partial charge on any atom is 0.237 e. The van der Waals surface area contributed by atoms with Crippen LogP contribution in [0.25, 0.3) is 0 Å². The number of primary amides is 1. The van der Waals surface area contributed by atoms with Gasteiger partial charge in [-0.25, -0.2) is 0 Å². The maximum absolute atomic E-state index is 12.8. The van der Waals surface area contributed by atoms with Crippen LogP contribution in [-0.2, 0) is 9.59 Å². The van der Waals surface area contributed by atoms with Crippen LogP contribution in [0.4, 0.5) is 0 Å². The summed E-state index contributed by atoms with van der Waals surface area (Å²) in [6.45, 7) is 0.0626. The number of benzene rings is 1. The molecule has 4 nitrogen and oxygen atoms in total. The molecule has 0 aromatic heterocycles. The first kappa shape index (κ1) is 15.5. The zero-order chi connectivity index (χ0) is 15.7. The van der Waals surface area contributed by atoms with Gasteiger partial charge in [-0.15, -0.1) is 0 Å². The number of carbonyl (C=O) groups is 2. The van der Waals surface area contributed by atoms with Gasteiger partial charge in [0.05, 0.1) is 6.54 Å². The largest absolute Gasteiger partial charge is 0.368 e. The molecule has 0 bridgehead atoms. The van der Waals surface area contributed by atoms with Crippen molar-refractivity contribution in [2.24, 2.45) is 11.7 Å². The number of amides is 2. The minimum atomic E-state index is -0.416. The van der Waals surface area contributed by atoms with Crippen LogP contribution in [0.2, 0.25) is 0 Å². The monoisotopic (exact) mass is 364 g/mol. The van der Waals surface area contributed by atoms with Crippen LogP contribution >= 0.6 is 15.9 Å². The summed E-state index contributed by atoms with van der Waals surface area (Å²) in [6, 6.07) is 8.35. The van der Waals surface area contributed by atoms with Gasteiger partial charge < -0.3 is 10.6 Å². The van der Waals surface area contributed by atoms with Crippen molar-refractivity contribution in [3.05, 3.63) is 34.3 Å². The molecule has 2 aliphatic rings. The van der Waals surface area contributed by atoms with Crippen molar-refractivity contribution < 1.29 is 9.59 Å². The molecule has 0 heterocycles. The van der Waals surface area contributed by atoms with Gasteiger partial charge in [0.2, 0.25) is 11.8 Å². The highest BCUT2D eigenvalue weighted by Gasteiger charge is 2.47. The van der Waals surface area contributed by atoms with Crippen molar-refractivity contribution >= 4 is 27.7 Å². The van der Waals surface area contributed by atoms with Crippen molar-refractivity contribution in [1.82, 2.24) is 4.90 Å². The first-order valence-electron chi connectivity index (χ1n) is 7.90. The average Bonchev–Trinajstić information content (AvgIpc) is 3.10. The highest BCUT2D eigenvalue weighted by Crippen LogP contribution is 2.49. The predicted molar refractivity (Wildman–Crippen MR) is 88.2 cm³/mol. The fraction of sp³-hybridized carbons (Fsp3) is 0.529. The van der Waals surface area contributed by atoms with E-state index in [9.17, 15) is 9.59 Å². The summed E-state index contributed by atoms with van der Waals surface area (Å²) in [5.41, 5.74) is 6.54. The third-order valence-corrected chi connectivity index (χ3v) is 5.31. The van der Waals surface area contributed by atoms with Crippen molar-refractivity contribution in [2.75, 3.05) is 6.54 Å². The Labute approximate surface area is 139 Å². The summed E-state index contributed by atoms with van der Waals surface area (Å²) in [7, 11) is 0. The molecule has 2 N–H and O–H groups in total. The van der Waals surface area contributed by atoms with Gasteiger partial charge in [-0.05, 0) is 42.9 Å². The van der Waals surface area contributed by atoms with Crippen LogP contribution in [0.5, 0.6) is 0 Å². The van der Waals surface area contributed by atoms with Crippen LogP contribution in [0, 0.1) is 5.92 Å². The fourth-order valence-corrected chi connectivity index (χ4v) is 3.79.